The highest BCUT2D eigenvalue weighted by molar-refractivity contribution is 5.79. The molecule has 0 unspecified atom stereocenters. The SMILES string of the molecule is O=C(O)CC1CCN(CC(=O)NNc2ccccn2)CC1. The molecule has 2 heterocycles. The lowest BCUT2D eigenvalue weighted by atomic mass is 9.94. The second kappa shape index (κ2) is 7.58. The van der Waals surface area contributed by atoms with Crippen LogP contribution < -0.4 is 10.9 Å². The van der Waals surface area contributed by atoms with Gasteiger partial charge in [-0.15, -0.1) is 0 Å². The van der Waals surface area contributed by atoms with Crippen molar-refractivity contribution in [1.29, 1.82) is 0 Å². The number of hydrogen-bond donors (Lipinski definition) is 3. The summed E-state index contributed by atoms with van der Waals surface area (Å²) in [5.74, 6) is -0.0532. The number of rotatable bonds is 6. The van der Waals surface area contributed by atoms with Gasteiger partial charge in [-0.3, -0.25) is 25.3 Å². The normalized spacial score (nSPS) is 16.4. The molecule has 2 rings (SSSR count). The van der Waals surface area contributed by atoms with Gasteiger partial charge in [0.2, 0.25) is 0 Å². The van der Waals surface area contributed by atoms with E-state index in [0.717, 1.165) is 25.9 Å². The summed E-state index contributed by atoms with van der Waals surface area (Å²) in [6, 6.07) is 5.39. The van der Waals surface area contributed by atoms with Gasteiger partial charge in [0.15, 0.2) is 0 Å². The van der Waals surface area contributed by atoms with E-state index in [0.29, 0.717) is 12.4 Å². The second-order valence-electron chi connectivity index (χ2n) is 5.21. The van der Waals surface area contributed by atoms with Crippen LogP contribution in [0.3, 0.4) is 0 Å². The number of nitrogens with one attached hydrogen (secondary N) is 2. The average molecular weight is 292 g/mol. The number of amides is 1. The Balaban J connectivity index is 1.66. The number of pyridine rings is 1. The third kappa shape index (κ3) is 5.39. The minimum absolute atomic E-state index is 0.127. The van der Waals surface area contributed by atoms with Crippen molar-refractivity contribution in [2.45, 2.75) is 19.3 Å². The van der Waals surface area contributed by atoms with E-state index in [1.807, 2.05) is 11.0 Å². The molecule has 1 aromatic rings. The zero-order valence-electron chi connectivity index (χ0n) is 11.8. The molecule has 7 nitrogen and oxygen atoms in total. The molecule has 0 spiro atoms. The number of anilines is 1. The number of hydrazine groups is 1. The lowest BCUT2D eigenvalue weighted by molar-refractivity contribution is -0.138. The summed E-state index contributed by atoms with van der Waals surface area (Å²) in [7, 11) is 0. The highest BCUT2D eigenvalue weighted by atomic mass is 16.4. The molecule has 114 valence electrons. The van der Waals surface area contributed by atoms with Crippen LogP contribution in [0.1, 0.15) is 19.3 Å². The van der Waals surface area contributed by atoms with Gasteiger partial charge in [-0.25, -0.2) is 4.98 Å². The van der Waals surface area contributed by atoms with Crippen molar-refractivity contribution >= 4 is 17.7 Å². The standard InChI is InChI=1S/C14H20N4O3/c19-13(17-16-12-3-1-2-6-15-12)10-18-7-4-11(5-8-18)9-14(20)21/h1-3,6,11H,4-5,7-10H2,(H,15,16)(H,17,19)(H,20,21). The minimum atomic E-state index is -0.745. The Morgan fingerprint density at radius 1 is 1.33 bits per heavy atom. The molecule has 1 aromatic heterocycles. The first-order chi connectivity index (χ1) is 10.1. The summed E-state index contributed by atoms with van der Waals surface area (Å²) in [5, 5.41) is 8.76. The molecule has 0 aliphatic carbocycles. The molecule has 0 bridgehead atoms. The van der Waals surface area contributed by atoms with Crippen LogP contribution in [0.2, 0.25) is 0 Å². The van der Waals surface area contributed by atoms with Crippen LogP contribution in [0.4, 0.5) is 5.82 Å². The Labute approximate surface area is 123 Å². The van der Waals surface area contributed by atoms with E-state index in [1.165, 1.54) is 0 Å². The fourth-order valence-electron chi connectivity index (χ4n) is 2.41. The number of carboxylic acid groups (broad SMARTS) is 1. The number of carbonyl (C=O) groups excluding carboxylic acids is 1. The summed E-state index contributed by atoms with van der Waals surface area (Å²) in [5.41, 5.74) is 5.36. The summed E-state index contributed by atoms with van der Waals surface area (Å²) >= 11 is 0. The van der Waals surface area contributed by atoms with Crippen LogP contribution in [0, 0.1) is 5.92 Å². The number of carbonyl (C=O) groups is 2. The molecule has 1 aliphatic heterocycles. The van der Waals surface area contributed by atoms with Crippen molar-refractivity contribution in [3.63, 3.8) is 0 Å². The zero-order valence-corrected chi connectivity index (χ0v) is 11.8. The van der Waals surface area contributed by atoms with Crippen molar-refractivity contribution in [2.75, 3.05) is 25.1 Å². The fourth-order valence-corrected chi connectivity index (χ4v) is 2.41. The summed E-state index contributed by atoms with van der Waals surface area (Å²) in [4.78, 5) is 28.5. The topological polar surface area (TPSA) is 94.6 Å². The van der Waals surface area contributed by atoms with Gasteiger partial charge in [0.1, 0.15) is 5.82 Å². The van der Waals surface area contributed by atoms with Gasteiger partial charge in [0.05, 0.1) is 6.54 Å². The molecule has 0 atom stereocenters. The predicted octanol–water partition coefficient (Wildman–Crippen LogP) is 0.711. The molecule has 0 radical (unpaired) electrons. The first-order valence-electron chi connectivity index (χ1n) is 7.03. The van der Waals surface area contributed by atoms with E-state index >= 15 is 0 Å². The first kappa shape index (κ1) is 15.2. The van der Waals surface area contributed by atoms with E-state index in [4.69, 9.17) is 5.11 Å². The van der Waals surface area contributed by atoms with Gasteiger partial charge in [0, 0.05) is 12.6 Å². The molecule has 1 fully saturated rings. The smallest absolute Gasteiger partial charge is 0.303 e. The number of hydrogen-bond acceptors (Lipinski definition) is 5. The monoisotopic (exact) mass is 292 g/mol. The lowest BCUT2D eigenvalue weighted by Gasteiger charge is -2.30. The largest absolute Gasteiger partial charge is 0.481 e. The highest BCUT2D eigenvalue weighted by Gasteiger charge is 2.22. The van der Waals surface area contributed by atoms with E-state index in [9.17, 15) is 9.59 Å². The number of likely N-dealkylation sites (tertiary alicyclic amines) is 1. The maximum absolute atomic E-state index is 11.8. The molecule has 0 saturated carbocycles. The van der Waals surface area contributed by atoms with Crippen molar-refractivity contribution in [2.24, 2.45) is 5.92 Å². The second-order valence-corrected chi connectivity index (χ2v) is 5.21. The number of nitrogens with zero attached hydrogens (tertiary/aromatic N) is 2. The van der Waals surface area contributed by atoms with E-state index in [2.05, 4.69) is 15.8 Å². The van der Waals surface area contributed by atoms with Crippen LogP contribution in [0.15, 0.2) is 24.4 Å². The number of piperidine rings is 1. The summed E-state index contributed by atoms with van der Waals surface area (Å²) in [6.07, 6.45) is 3.52. The van der Waals surface area contributed by atoms with Crippen molar-refractivity contribution in [1.82, 2.24) is 15.3 Å². The van der Waals surface area contributed by atoms with Crippen LogP contribution in [-0.4, -0.2) is 46.5 Å². The van der Waals surface area contributed by atoms with E-state index in [1.54, 1.807) is 18.3 Å². The Hall–Kier alpha value is -2.15. The van der Waals surface area contributed by atoms with Crippen LogP contribution >= 0.6 is 0 Å². The summed E-state index contributed by atoms with van der Waals surface area (Å²) < 4.78 is 0. The van der Waals surface area contributed by atoms with E-state index in [-0.39, 0.29) is 18.2 Å². The van der Waals surface area contributed by atoms with Crippen LogP contribution in [-0.2, 0) is 9.59 Å². The van der Waals surface area contributed by atoms with Crippen LogP contribution in [0.5, 0.6) is 0 Å². The molecular weight excluding hydrogens is 272 g/mol. The Kier molecular flexibility index (Phi) is 5.51. The molecule has 0 aromatic carbocycles. The van der Waals surface area contributed by atoms with Crippen LogP contribution in [0.25, 0.3) is 0 Å². The third-order valence-electron chi connectivity index (χ3n) is 3.53. The van der Waals surface area contributed by atoms with Crippen molar-refractivity contribution in [3.8, 4) is 0 Å². The van der Waals surface area contributed by atoms with E-state index < -0.39 is 5.97 Å². The maximum Gasteiger partial charge on any atom is 0.303 e. The highest BCUT2D eigenvalue weighted by Crippen LogP contribution is 2.19. The summed E-state index contributed by atoms with van der Waals surface area (Å²) in [6.45, 7) is 1.82. The maximum atomic E-state index is 11.8. The van der Waals surface area contributed by atoms with Crippen molar-refractivity contribution in [3.05, 3.63) is 24.4 Å². The van der Waals surface area contributed by atoms with Gasteiger partial charge in [-0.2, -0.15) is 0 Å². The van der Waals surface area contributed by atoms with Gasteiger partial charge >= 0.3 is 5.97 Å². The fraction of sp³-hybridized carbons (Fsp3) is 0.500. The molecular formula is C14H20N4O3. The number of aromatic nitrogens is 1. The molecule has 1 saturated heterocycles. The Bertz CT molecular complexity index is 472. The molecule has 21 heavy (non-hydrogen) atoms. The first-order valence-corrected chi connectivity index (χ1v) is 7.03. The van der Waals surface area contributed by atoms with Crippen molar-refractivity contribution < 1.29 is 14.7 Å². The molecule has 7 heteroatoms. The number of carboxylic acids is 1. The quantitative estimate of drug-likeness (QED) is 0.669. The number of aliphatic carboxylic acids is 1. The van der Waals surface area contributed by atoms with Gasteiger partial charge in [0.25, 0.3) is 5.91 Å². The zero-order chi connectivity index (χ0) is 15.1. The Morgan fingerprint density at radius 2 is 2.10 bits per heavy atom. The predicted molar refractivity (Wildman–Crippen MR) is 77.4 cm³/mol. The Morgan fingerprint density at radius 3 is 2.71 bits per heavy atom. The van der Waals surface area contributed by atoms with Gasteiger partial charge < -0.3 is 5.11 Å². The van der Waals surface area contributed by atoms with Gasteiger partial charge in [-0.1, -0.05) is 6.07 Å². The molecule has 1 amide bonds. The lowest BCUT2D eigenvalue weighted by Crippen LogP contribution is -2.43. The van der Waals surface area contributed by atoms with Gasteiger partial charge in [-0.05, 0) is 44.0 Å². The third-order valence-corrected chi connectivity index (χ3v) is 3.53. The minimum Gasteiger partial charge on any atom is -0.481 e. The molecule has 3 N–H and O–H groups in total. The average Bonchev–Trinajstić information content (AvgIpc) is 2.48. The molecule has 1 aliphatic rings.